The molecule has 1 aliphatic carbocycles. The second kappa shape index (κ2) is 7.30. The lowest BCUT2D eigenvalue weighted by atomic mass is 10.1. The molecule has 3 aromatic rings. The van der Waals surface area contributed by atoms with Crippen LogP contribution in [0, 0.1) is 18.6 Å². The number of hydrogen-bond donors (Lipinski definition) is 1. The van der Waals surface area contributed by atoms with Gasteiger partial charge in [-0.25, -0.2) is 18.4 Å². The normalized spacial score (nSPS) is 13.9. The molecule has 0 unspecified atom stereocenters. The van der Waals surface area contributed by atoms with Crippen LogP contribution in [-0.2, 0) is 6.54 Å². The standard InChI is InChI=1S/C21H22F2N4O/c1-3-4-9-27-20-19(12(2)26-27)15(11-17(24-20)13-5-6-13)21(28)25-18-10-14(22)7-8-16(18)23/h7-8,10-11,13H,3-6,9H2,1-2H3,(H,25,28). The summed E-state index contributed by atoms with van der Waals surface area (Å²) in [5.74, 6) is -1.44. The zero-order chi connectivity index (χ0) is 19.8. The summed E-state index contributed by atoms with van der Waals surface area (Å²) in [4.78, 5) is 17.8. The van der Waals surface area contributed by atoms with E-state index in [1.807, 2.05) is 11.6 Å². The molecule has 1 amide bonds. The minimum Gasteiger partial charge on any atom is -0.319 e. The molecule has 2 heterocycles. The molecule has 7 heteroatoms. The van der Waals surface area contributed by atoms with Crippen LogP contribution in [-0.4, -0.2) is 20.7 Å². The van der Waals surface area contributed by atoms with Gasteiger partial charge in [0.2, 0.25) is 0 Å². The first-order chi connectivity index (χ1) is 13.5. The van der Waals surface area contributed by atoms with Gasteiger partial charge in [-0.05, 0) is 44.4 Å². The SMILES string of the molecule is CCCCn1nc(C)c2c(C(=O)Nc3cc(F)ccc3F)cc(C3CC3)nc21. The predicted molar refractivity (Wildman–Crippen MR) is 103 cm³/mol. The number of benzene rings is 1. The fourth-order valence-corrected chi connectivity index (χ4v) is 3.39. The zero-order valence-corrected chi connectivity index (χ0v) is 15.9. The number of pyridine rings is 1. The number of nitrogens with zero attached hydrogens (tertiary/aromatic N) is 3. The van der Waals surface area contributed by atoms with E-state index in [0.29, 0.717) is 28.2 Å². The number of fused-ring (bicyclic) bond motifs is 1. The van der Waals surface area contributed by atoms with Crippen LogP contribution in [0.3, 0.4) is 0 Å². The van der Waals surface area contributed by atoms with Crippen molar-refractivity contribution in [3.8, 4) is 0 Å². The lowest BCUT2D eigenvalue weighted by Gasteiger charge is -2.10. The highest BCUT2D eigenvalue weighted by atomic mass is 19.1. The summed E-state index contributed by atoms with van der Waals surface area (Å²) in [6.45, 7) is 4.67. The smallest absolute Gasteiger partial charge is 0.256 e. The highest BCUT2D eigenvalue weighted by Crippen LogP contribution is 2.40. The van der Waals surface area contributed by atoms with Crippen LogP contribution in [0.2, 0.25) is 0 Å². The number of anilines is 1. The summed E-state index contributed by atoms with van der Waals surface area (Å²) in [6, 6.07) is 4.76. The molecule has 0 atom stereocenters. The fraction of sp³-hybridized carbons (Fsp3) is 0.381. The van der Waals surface area contributed by atoms with Gasteiger partial charge < -0.3 is 5.32 Å². The molecule has 1 aromatic carbocycles. The van der Waals surface area contributed by atoms with Crippen molar-refractivity contribution in [3.63, 3.8) is 0 Å². The Labute approximate surface area is 161 Å². The molecular formula is C21H22F2N4O. The van der Waals surface area contributed by atoms with Crippen molar-refractivity contribution < 1.29 is 13.6 Å². The van der Waals surface area contributed by atoms with Crippen molar-refractivity contribution in [2.75, 3.05) is 5.32 Å². The summed E-state index contributed by atoms with van der Waals surface area (Å²) >= 11 is 0. The van der Waals surface area contributed by atoms with E-state index in [4.69, 9.17) is 4.98 Å². The largest absolute Gasteiger partial charge is 0.319 e. The summed E-state index contributed by atoms with van der Waals surface area (Å²) in [5, 5.41) is 7.74. The van der Waals surface area contributed by atoms with E-state index in [1.165, 1.54) is 0 Å². The van der Waals surface area contributed by atoms with E-state index in [9.17, 15) is 13.6 Å². The van der Waals surface area contributed by atoms with Gasteiger partial charge in [0.15, 0.2) is 5.65 Å². The number of amides is 1. The van der Waals surface area contributed by atoms with Gasteiger partial charge in [0.25, 0.3) is 5.91 Å². The highest BCUT2D eigenvalue weighted by Gasteiger charge is 2.29. The predicted octanol–water partition coefficient (Wildman–Crippen LogP) is 4.95. The molecule has 146 valence electrons. The van der Waals surface area contributed by atoms with E-state index in [1.54, 1.807) is 6.07 Å². The minimum absolute atomic E-state index is 0.182. The number of carbonyl (C=O) groups excluding carboxylic acids is 1. The highest BCUT2D eigenvalue weighted by molar-refractivity contribution is 6.12. The van der Waals surface area contributed by atoms with Crippen molar-refractivity contribution >= 4 is 22.6 Å². The van der Waals surface area contributed by atoms with Crippen molar-refractivity contribution in [2.24, 2.45) is 0 Å². The van der Waals surface area contributed by atoms with Crippen LogP contribution in [0.4, 0.5) is 14.5 Å². The molecule has 2 aromatic heterocycles. The van der Waals surface area contributed by atoms with Crippen LogP contribution >= 0.6 is 0 Å². The molecule has 1 saturated carbocycles. The van der Waals surface area contributed by atoms with Crippen LogP contribution in [0.25, 0.3) is 11.0 Å². The first-order valence-corrected chi connectivity index (χ1v) is 9.62. The average Bonchev–Trinajstić information content (AvgIpc) is 3.47. The van der Waals surface area contributed by atoms with Crippen molar-refractivity contribution in [1.82, 2.24) is 14.8 Å². The molecule has 0 bridgehead atoms. The van der Waals surface area contributed by atoms with E-state index in [2.05, 4.69) is 17.3 Å². The van der Waals surface area contributed by atoms with E-state index in [-0.39, 0.29) is 5.69 Å². The average molecular weight is 384 g/mol. The Bertz CT molecular complexity index is 1060. The molecule has 0 spiro atoms. The van der Waals surface area contributed by atoms with Gasteiger partial charge in [-0.15, -0.1) is 0 Å². The van der Waals surface area contributed by atoms with Crippen molar-refractivity contribution in [2.45, 2.75) is 52.0 Å². The molecule has 0 saturated heterocycles. The number of nitrogens with one attached hydrogen (secondary N) is 1. The zero-order valence-electron chi connectivity index (χ0n) is 15.9. The molecule has 5 nitrogen and oxygen atoms in total. The lowest BCUT2D eigenvalue weighted by Crippen LogP contribution is -2.15. The number of unbranched alkanes of at least 4 members (excludes halogenated alkanes) is 1. The Morgan fingerprint density at radius 2 is 2.07 bits per heavy atom. The Morgan fingerprint density at radius 3 is 2.79 bits per heavy atom. The Morgan fingerprint density at radius 1 is 1.29 bits per heavy atom. The van der Waals surface area contributed by atoms with Gasteiger partial charge in [-0.1, -0.05) is 13.3 Å². The molecule has 4 rings (SSSR count). The molecule has 1 aliphatic rings. The minimum atomic E-state index is -0.683. The van der Waals surface area contributed by atoms with Gasteiger partial charge in [0.1, 0.15) is 11.6 Å². The second-order valence-corrected chi connectivity index (χ2v) is 7.31. The third-order valence-corrected chi connectivity index (χ3v) is 5.04. The Balaban J connectivity index is 1.79. The van der Waals surface area contributed by atoms with E-state index in [0.717, 1.165) is 56.1 Å². The number of hydrogen-bond acceptors (Lipinski definition) is 3. The van der Waals surface area contributed by atoms with Gasteiger partial charge in [-0.2, -0.15) is 5.10 Å². The summed E-state index contributed by atoms with van der Waals surface area (Å²) in [5.41, 5.74) is 2.45. The fourth-order valence-electron chi connectivity index (χ4n) is 3.39. The van der Waals surface area contributed by atoms with Crippen LogP contribution < -0.4 is 5.32 Å². The molecule has 1 fully saturated rings. The molecule has 1 N–H and O–H groups in total. The van der Waals surface area contributed by atoms with Gasteiger partial charge in [-0.3, -0.25) is 4.79 Å². The number of halogens is 2. The Kier molecular flexibility index (Phi) is 4.83. The lowest BCUT2D eigenvalue weighted by molar-refractivity contribution is 0.102. The van der Waals surface area contributed by atoms with Crippen LogP contribution in [0.15, 0.2) is 24.3 Å². The topological polar surface area (TPSA) is 59.8 Å². The molecule has 28 heavy (non-hydrogen) atoms. The third-order valence-electron chi connectivity index (χ3n) is 5.04. The van der Waals surface area contributed by atoms with Gasteiger partial charge in [0.05, 0.1) is 22.3 Å². The Hall–Kier alpha value is -2.83. The number of aryl methyl sites for hydroxylation is 2. The van der Waals surface area contributed by atoms with Crippen LogP contribution in [0.1, 0.15) is 60.3 Å². The first-order valence-electron chi connectivity index (χ1n) is 9.62. The van der Waals surface area contributed by atoms with Crippen molar-refractivity contribution in [3.05, 3.63) is 52.9 Å². The van der Waals surface area contributed by atoms with E-state index < -0.39 is 17.5 Å². The quantitative estimate of drug-likeness (QED) is 0.654. The van der Waals surface area contributed by atoms with Gasteiger partial charge >= 0.3 is 0 Å². The maximum atomic E-state index is 14.0. The second-order valence-electron chi connectivity index (χ2n) is 7.31. The molecular weight excluding hydrogens is 362 g/mol. The maximum Gasteiger partial charge on any atom is 0.256 e. The number of aromatic nitrogens is 3. The maximum absolute atomic E-state index is 14.0. The number of carbonyl (C=O) groups is 1. The summed E-state index contributed by atoms with van der Waals surface area (Å²) in [6.07, 6.45) is 4.07. The van der Waals surface area contributed by atoms with E-state index >= 15 is 0 Å². The first kappa shape index (κ1) is 18.5. The monoisotopic (exact) mass is 384 g/mol. The summed E-state index contributed by atoms with van der Waals surface area (Å²) < 4.78 is 29.3. The molecule has 0 radical (unpaired) electrons. The number of rotatable bonds is 6. The molecule has 0 aliphatic heterocycles. The summed E-state index contributed by atoms with van der Waals surface area (Å²) in [7, 11) is 0. The van der Waals surface area contributed by atoms with Gasteiger partial charge in [0, 0.05) is 24.2 Å². The third kappa shape index (κ3) is 3.48. The van der Waals surface area contributed by atoms with Crippen molar-refractivity contribution in [1.29, 1.82) is 0 Å². The van der Waals surface area contributed by atoms with Crippen LogP contribution in [0.5, 0.6) is 0 Å².